The van der Waals surface area contributed by atoms with E-state index in [-0.39, 0.29) is 12.6 Å². The Morgan fingerprint density at radius 1 is 1.05 bits per heavy atom. The number of ether oxygens (including phenoxy) is 3. The largest absolute Gasteiger partial charge is 0.493 e. The molecule has 0 saturated carbocycles. The van der Waals surface area contributed by atoms with E-state index in [2.05, 4.69) is 10.6 Å². The fourth-order valence-electron chi connectivity index (χ4n) is 1.94. The quantitative estimate of drug-likeness (QED) is 0.607. The maximum atomic E-state index is 11.8. The van der Waals surface area contributed by atoms with E-state index in [0.717, 1.165) is 19.3 Å². The molecule has 1 aromatic carbocycles. The van der Waals surface area contributed by atoms with Gasteiger partial charge in [-0.15, -0.1) is 0 Å². The standard InChI is InChI=1S/C15H24N2O5/c1-20-12-9-11(10-13(21-2)14(12)22-3)17-15(19)16-7-5-4-6-8-18/h9-10,18H,4-8H2,1-3H3,(H2,16,17,19). The summed E-state index contributed by atoms with van der Waals surface area (Å²) in [5.41, 5.74) is 0.544. The molecule has 0 aromatic heterocycles. The van der Waals surface area contributed by atoms with Gasteiger partial charge in [0.2, 0.25) is 5.75 Å². The first-order chi connectivity index (χ1) is 10.7. The Morgan fingerprint density at radius 2 is 1.68 bits per heavy atom. The summed E-state index contributed by atoms with van der Waals surface area (Å²) in [6.45, 7) is 0.730. The summed E-state index contributed by atoms with van der Waals surface area (Å²) >= 11 is 0. The first kappa shape index (κ1) is 17.9. The van der Waals surface area contributed by atoms with E-state index in [9.17, 15) is 4.79 Å². The predicted molar refractivity (Wildman–Crippen MR) is 84.1 cm³/mol. The molecule has 1 rings (SSSR count). The van der Waals surface area contributed by atoms with Crippen LogP contribution < -0.4 is 24.8 Å². The molecule has 0 spiro atoms. The lowest BCUT2D eigenvalue weighted by molar-refractivity contribution is 0.251. The summed E-state index contributed by atoms with van der Waals surface area (Å²) in [7, 11) is 4.55. The SMILES string of the molecule is COc1cc(NC(=O)NCCCCCO)cc(OC)c1OC. The Hall–Kier alpha value is -2.15. The van der Waals surface area contributed by atoms with Gasteiger partial charge < -0.3 is 30.0 Å². The molecule has 7 nitrogen and oxygen atoms in total. The van der Waals surface area contributed by atoms with Crippen molar-refractivity contribution < 1.29 is 24.1 Å². The van der Waals surface area contributed by atoms with Gasteiger partial charge in [-0.2, -0.15) is 0 Å². The van der Waals surface area contributed by atoms with Crippen molar-refractivity contribution in [2.45, 2.75) is 19.3 Å². The number of unbranched alkanes of at least 4 members (excludes halogenated alkanes) is 2. The van der Waals surface area contributed by atoms with Gasteiger partial charge in [0.15, 0.2) is 11.5 Å². The van der Waals surface area contributed by atoms with E-state index in [0.29, 0.717) is 29.5 Å². The molecule has 0 aliphatic carbocycles. The third-order valence-corrected chi connectivity index (χ3v) is 3.04. The van der Waals surface area contributed by atoms with Gasteiger partial charge in [-0.3, -0.25) is 0 Å². The number of nitrogens with one attached hydrogen (secondary N) is 2. The molecular formula is C15H24N2O5. The summed E-state index contributed by atoms with van der Waals surface area (Å²) in [6.07, 6.45) is 2.44. The molecule has 7 heteroatoms. The first-order valence-corrected chi connectivity index (χ1v) is 7.12. The Bertz CT molecular complexity index is 454. The molecule has 0 unspecified atom stereocenters. The normalized spacial score (nSPS) is 10.0. The van der Waals surface area contributed by atoms with Crippen LogP contribution >= 0.6 is 0 Å². The Labute approximate surface area is 130 Å². The van der Waals surface area contributed by atoms with Crippen LogP contribution in [0.1, 0.15) is 19.3 Å². The Kier molecular flexibility index (Phi) is 7.91. The van der Waals surface area contributed by atoms with E-state index < -0.39 is 0 Å². The second-order valence-corrected chi connectivity index (χ2v) is 4.58. The number of rotatable bonds is 9. The maximum absolute atomic E-state index is 11.8. The fourth-order valence-corrected chi connectivity index (χ4v) is 1.94. The third-order valence-electron chi connectivity index (χ3n) is 3.04. The molecule has 0 bridgehead atoms. The van der Waals surface area contributed by atoms with Crippen LogP contribution in [0.2, 0.25) is 0 Å². The second kappa shape index (κ2) is 9.73. The lowest BCUT2D eigenvalue weighted by Gasteiger charge is -2.14. The number of aliphatic hydroxyl groups is 1. The van der Waals surface area contributed by atoms with Crippen molar-refractivity contribution in [3.05, 3.63) is 12.1 Å². The van der Waals surface area contributed by atoms with Crippen LogP contribution in [0.25, 0.3) is 0 Å². The molecule has 22 heavy (non-hydrogen) atoms. The van der Waals surface area contributed by atoms with Crippen LogP contribution in [0.4, 0.5) is 10.5 Å². The molecular weight excluding hydrogens is 288 g/mol. The van der Waals surface area contributed by atoms with Crippen LogP contribution in [-0.4, -0.2) is 45.6 Å². The van der Waals surface area contributed by atoms with Crippen molar-refractivity contribution in [3.8, 4) is 17.2 Å². The summed E-state index contributed by atoms with van der Waals surface area (Å²) in [5, 5.41) is 14.1. The summed E-state index contributed by atoms with van der Waals surface area (Å²) in [6, 6.07) is 3.01. The number of methoxy groups -OCH3 is 3. The zero-order chi connectivity index (χ0) is 16.4. The van der Waals surface area contributed by atoms with E-state index in [4.69, 9.17) is 19.3 Å². The van der Waals surface area contributed by atoms with Crippen molar-refractivity contribution in [3.63, 3.8) is 0 Å². The summed E-state index contributed by atoms with van der Waals surface area (Å²) < 4.78 is 15.7. The minimum absolute atomic E-state index is 0.178. The van der Waals surface area contributed by atoms with Crippen molar-refractivity contribution in [1.82, 2.24) is 5.32 Å². The van der Waals surface area contributed by atoms with Gasteiger partial charge in [0.25, 0.3) is 0 Å². The number of urea groups is 1. The molecule has 0 saturated heterocycles. The molecule has 0 fully saturated rings. The van der Waals surface area contributed by atoms with Gasteiger partial charge in [-0.05, 0) is 19.3 Å². The molecule has 0 radical (unpaired) electrons. The van der Waals surface area contributed by atoms with Crippen LogP contribution in [-0.2, 0) is 0 Å². The van der Waals surface area contributed by atoms with E-state index in [1.807, 2.05) is 0 Å². The molecule has 1 aromatic rings. The highest BCUT2D eigenvalue weighted by Gasteiger charge is 2.14. The second-order valence-electron chi connectivity index (χ2n) is 4.58. The molecule has 3 N–H and O–H groups in total. The average Bonchev–Trinajstić information content (AvgIpc) is 2.53. The van der Waals surface area contributed by atoms with E-state index in [1.54, 1.807) is 12.1 Å². The number of hydrogen-bond donors (Lipinski definition) is 3. The Morgan fingerprint density at radius 3 is 2.18 bits per heavy atom. The number of carbonyl (C=O) groups excluding carboxylic acids is 1. The van der Waals surface area contributed by atoms with Crippen molar-refractivity contribution in [2.24, 2.45) is 0 Å². The van der Waals surface area contributed by atoms with Crippen LogP contribution in [0.3, 0.4) is 0 Å². The summed E-state index contributed by atoms with van der Waals surface area (Å²) in [4.78, 5) is 11.8. The Balaban J connectivity index is 2.63. The van der Waals surface area contributed by atoms with Gasteiger partial charge in [0.05, 0.1) is 27.0 Å². The van der Waals surface area contributed by atoms with Crippen LogP contribution in [0, 0.1) is 0 Å². The zero-order valence-corrected chi connectivity index (χ0v) is 13.3. The molecule has 0 heterocycles. The van der Waals surface area contributed by atoms with Gasteiger partial charge in [0, 0.05) is 25.3 Å². The minimum Gasteiger partial charge on any atom is -0.493 e. The molecule has 124 valence electrons. The minimum atomic E-state index is -0.307. The van der Waals surface area contributed by atoms with Crippen molar-refractivity contribution in [1.29, 1.82) is 0 Å². The average molecular weight is 312 g/mol. The van der Waals surface area contributed by atoms with Gasteiger partial charge in [-0.25, -0.2) is 4.79 Å². The monoisotopic (exact) mass is 312 g/mol. The number of anilines is 1. The molecule has 0 aliphatic rings. The van der Waals surface area contributed by atoms with Crippen molar-refractivity contribution >= 4 is 11.7 Å². The third kappa shape index (κ3) is 5.33. The molecule has 0 atom stereocenters. The zero-order valence-electron chi connectivity index (χ0n) is 13.3. The van der Waals surface area contributed by atoms with Gasteiger partial charge >= 0.3 is 6.03 Å². The van der Waals surface area contributed by atoms with Crippen molar-refractivity contribution in [2.75, 3.05) is 39.8 Å². The first-order valence-electron chi connectivity index (χ1n) is 7.12. The number of carbonyl (C=O) groups is 1. The molecule has 0 aliphatic heterocycles. The van der Waals surface area contributed by atoms with E-state index in [1.165, 1.54) is 21.3 Å². The lowest BCUT2D eigenvalue weighted by Crippen LogP contribution is -2.29. The summed E-state index contributed by atoms with van der Waals surface area (Å²) in [5.74, 6) is 1.42. The fraction of sp³-hybridized carbons (Fsp3) is 0.533. The van der Waals surface area contributed by atoms with Gasteiger partial charge in [0.1, 0.15) is 0 Å². The lowest BCUT2D eigenvalue weighted by atomic mass is 10.2. The van der Waals surface area contributed by atoms with Crippen LogP contribution in [0.5, 0.6) is 17.2 Å². The topological polar surface area (TPSA) is 89.1 Å². The predicted octanol–water partition coefficient (Wildman–Crippen LogP) is 2.00. The highest BCUT2D eigenvalue weighted by atomic mass is 16.5. The number of benzene rings is 1. The highest BCUT2D eigenvalue weighted by molar-refractivity contribution is 5.90. The van der Waals surface area contributed by atoms with E-state index >= 15 is 0 Å². The number of aliphatic hydroxyl groups excluding tert-OH is 1. The molecule has 2 amide bonds. The van der Waals surface area contributed by atoms with Crippen LogP contribution in [0.15, 0.2) is 12.1 Å². The smallest absolute Gasteiger partial charge is 0.319 e. The number of amides is 2. The maximum Gasteiger partial charge on any atom is 0.319 e. The highest BCUT2D eigenvalue weighted by Crippen LogP contribution is 2.39. The number of hydrogen-bond acceptors (Lipinski definition) is 5. The van der Waals surface area contributed by atoms with Gasteiger partial charge in [-0.1, -0.05) is 0 Å².